The van der Waals surface area contributed by atoms with Crippen molar-refractivity contribution < 1.29 is 9.47 Å². The number of nitrogens with zero attached hydrogens (tertiary/aromatic N) is 2. The second kappa shape index (κ2) is 15.7. The van der Waals surface area contributed by atoms with Crippen molar-refractivity contribution in [2.75, 3.05) is 47.1 Å². The minimum atomic E-state index is 0. The third-order valence-corrected chi connectivity index (χ3v) is 3.82. The molecule has 0 atom stereocenters. The lowest BCUT2D eigenvalue weighted by Crippen LogP contribution is -2.38. The van der Waals surface area contributed by atoms with E-state index >= 15 is 0 Å². The predicted octanol–water partition coefficient (Wildman–Crippen LogP) is 3.80. The fourth-order valence-corrected chi connectivity index (χ4v) is 2.37. The van der Waals surface area contributed by atoms with Crippen molar-refractivity contribution in [3.05, 3.63) is 34.9 Å². The van der Waals surface area contributed by atoms with Gasteiger partial charge in [-0.05, 0) is 31.4 Å². The highest BCUT2D eigenvalue weighted by molar-refractivity contribution is 14.0. The molecule has 0 heterocycles. The number of rotatable bonds is 11. The zero-order valence-corrected chi connectivity index (χ0v) is 18.5. The van der Waals surface area contributed by atoms with Gasteiger partial charge in [-0.2, -0.15) is 0 Å². The fraction of sp³-hybridized carbons (Fsp3) is 0.611. The van der Waals surface area contributed by atoms with Crippen LogP contribution in [0.4, 0.5) is 0 Å². The molecule has 0 aliphatic rings. The predicted molar refractivity (Wildman–Crippen MR) is 116 cm³/mol. The highest BCUT2D eigenvalue weighted by Gasteiger charge is 2.08. The molecule has 1 N–H and O–H groups in total. The molecule has 1 aromatic rings. The molecule has 25 heavy (non-hydrogen) atoms. The van der Waals surface area contributed by atoms with E-state index < -0.39 is 0 Å². The Morgan fingerprint density at radius 2 is 1.96 bits per heavy atom. The van der Waals surface area contributed by atoms with E-state index in [1.54, 1.807) is 7.11 Å². The number of unbranched alkanes of at least 4 members (excludes halogenated alkanes) is 1. The van der Waals surface area contributed by atoms with Crippen LogP contribution < -0.4 is 5.32 Å². The third-order valence-electron chi connectivity index (χ3n) is 3.45. The average molecular weight is 484 g/mol. The van der Waals surface area contributed by atoms with Crippen LogP contribution in [-0.2, 0) is 16.0 Å². The molecule has 0 aliphatic carbocycles. The van der Waals surface area contributed by atoms with Crippen LogP contribution in [0.1, 0.15) is 25.3 Å². The molecule has 0 unspecified atom stereocenters. The maximum Gasteiger partial charge on any atom is 0.193 e. The normalized spacial score (nSPS) is 11.1. The molecule has 5 nitrogen and oxygen atoms in total. The van der Waals surface area contributed by atoms with Crippen molar-refractivity contribution in [3.63, 3.8) is 0 Å². The zero-order valence-electron chi connectivity index (χ0n) is 15.5. The second-order valence-electron chi connectivity index (χ2n) is 5.50. The Kier molecular flexibility index (Phi) is 15.3. The Bertz CT molecular complexity index is 489. The molecular formula is C18H31ClIN3O2. The molecule has 0 fully saturated rings. The van der Waals surface area contributed by atoms with Crippen molar-refractivity contribution in [1.82, 2.24) is 10.2 Å². The molecule has 7 heteroatoms. The first-order chi connectivity index (χ1) is 11.7. The number of hydrogen-bond acceptors (Lipinski definition) is 3. The van der Waals surface area contributed by atoms with E-state index in [4.69, 9.17) is 21.1 Å². The monoisotopic (exact) mass is 483 g/mol. The van der Waals surface area contributed by atoms with Crippen molar-refractivity contribution in [3.8, 4) is 0 Å². The number of ether oxygens (including phenoxy) is 2. The van der Waals surface area contributed by atoms with Crippen molar-refractivity contribution in [1.29, 1.82) is 0 Å². The van der Waals surface area contributed by atoms with Gasteiger partial charge >= 0.3 is 0 Å². The van der Waals surface area contributed by atoms with Gasteiger partial charge in [0.1, 0.15) is 0 Å². The fourth-order valence-electron chi connectivity index (χ4n) is 2.17. The van der Waals surface area contributed by atoms with Crippen LogP contribution in [0.2, 0.25) is 5.02 Å². The van der Waals surface area contributed by atoms with Crippen LogP contribution in [-0.4, -0.2) is 57.9 Å². The van der Waals surface area contributed by atoms with Gasteiger partial charge in [0, 0.05) is 45.4 Å². The average Bonchev–Trinajstić information content (AvgIpc) is 2.58. The molecule has 0 saturated carbocycles. The minimum absolute atomic E-state index is 0. The summed E-state index contributed by atoms with van der Waals surface area (Å²) in [6.07, 6.45) is 2.00. The lowest BCUT2D eigenvalue weighted by molar-refractivity contribution is 0.0690. The Hall–Kier alpha value is -0.570. The lowest BCUT2D eigenvalue weighted by Gasteiger charge is -2.22. The van der Waals surface area contributed by atoms with Crippen molar-refractivity contribution in [2.24, 2.45) is 4.99 Å². The Morgan fingerprint density at radius 3 is 2.64 bits per heavy atom. The smallest absolute Gasteiger partial charge is 0.193 e. The molecule has 0 amide bonds. The number of nitrogens with one attached hydrogen (secondary N) is 1. The maximum atomic E-state index is 6.24. The number of methoxy groups -OCH3 is 1. The molecule has 0 aromatic heterocycles. The Balaban J connectivity index is 0.00000576. The van der Waals surface area contributed by atoms with Gasteiger partial charge in [-0.3, -0.25) is 4.99 Å². The summed E-state index contributed by atoms with van der Waals surface area (Å²) >= 11 is 6.24. The summed E-state index contributed by atoms with van der Waals surface area (Å²) in [5.41, 5.74) is 1.10. The lowest BCUT2D eigenvalue weighted by atomic mass is 10.2. The Labute approximate surface area is 174 Å². The van der Waals surface area contributed by atoms with Gasteiger partial charge in [-0.25, -0.2) is 0 Å². The third kappa shape index (κ3) is 10.9. The highest BCUT2D eigenvalue weighted by Crippen LogP contribution is 2.16. The first-order valence-corrected chi connectivity index (χ1v) is 8.86. The van der Waals surface area contributed by atoms with E-state index in [0.29, 0.717) is 13.2 Å². The topological polar surface area (TPSA) is 46.1 Å². The van der Waals surface area contributed by atoms with E-state index in [9.17, 15) is 0 Å². The number of benzene rings is 1. The maximum absolute atomic E-state index is 6.24. The number of halogens is 2. The van der Waals surface area contributed by atoms with E-state index in [1.807, 2.05) is 31.3 Å². The molecule has 0 saturated heterocycles. The van der Waals surface area contributed by atoms with Gasteiger partial charge in [-0.15, -0.1) is 24.0 Å². The zero-order chi connectivity index (χ0) is 17.6. The van der Waals surface area contributed by atoms with E-state index in [1.165, 1.54) is 0 Å². The summed E-state index contributed by atoms with van der Waals surface area (Å²) in [5, 5.41) is 4.11. The minimum Gasteiger partial charge on any atom is -0.382 e. The summed E-state index contributed by atoms with van der Waals surface area (Å²) in [5.74, 6) is 0.901. The molecule has 144 valence electrons. The molecule has 0 aliphatic heterocycles. The first-order valence-electron chi connectivity index (χ1n) is 8.48. The summed E-state index contributed by atoms with van der Waals surface area (Å²) in [4.78, 5) is 6.78. The molecule has 0 radical (unpaired) electrons. The summed E-state index contributed by atoms with van der Waals surface area (Å²) in [7, 11) is 3.71. The van der Waals surface area contributed by atoms with Crippen molar-refractivity contribution in [2.45, 2.75) is 26.3 Å². The first kappa shape index (κ1) is 24.4. The number of guanidine groups is 1. The van der Waals surface area contributed by atoms with E-state index in [-0.39, 0.29) is 24.0 Å². The van der Waals surface area contributed by atoms with Crippen LogP contribution in [0, 0.1) is 0 Å². The summed E-state index contributed by atoms with van der Waals surface area (Å²) < 4.78 is 10.4. The molecular weight excluding hydrogens is 453 g/mol. The highest BCUT2D eigenvalue weighted by atomic mass is 127. The summed E-state index contributed by atoms with van der Waals surface area (Å²) in [6.45, 7) is 6.48. The van der Waals surface area contributed by atoms with Gasteiger partial charge in [0.2, 0.25) is 0 Å². The van der Waals surface area contributed by atoms with Gasteiger partial charge in [0.05, 0.1) is 13.2 Å². The van der Waals surface area contributed by atoms with E-state index in [2.05, 4.69) is 22.1 Å². The van der Waals surface area contributed by atoms with Gasteiger partial charge in [-0.1, -0.05) is 29.8 Å². The largest absolute Gasteiger partial charge is 0.382 e. The van der Waals surface area contributed by atoms with E-state index in [0.717, 1.165) is 55.6 Å². The van der Waals surface area contributed by atoms with Crippen LogP contribution in [0.25, 0.3) is 0 Å². The SMILES string of the molecule is CCNC(=NCCCCOCCOC)N(C)Cc1ccccc1Cl.I. The molecule has 1 aromatic carbocycles. The quantitative estimate of drug-likeness (QED) is 0.225. The van der Waals surface area contributed by atoms with Crippen LogP contribution in [0.3, 0.4) is 0 Å². The molecule has 1 rings (SSSR count). The molecule has 0 bridgehead atoms. The number of hydrogen-bond donors (Lipinski definition) is 1. The Morgan fingerprint density at radius 1 is 1.20 bits per heavy atom. The van der Waals surface area contributed by atoms with Gasteiger partial charge < -0.3 is 19.7 Å². The second-order valence-corrected chi connectivity index (χ2v) is 5.90. The van der Waals surface area contributed by atoms with Crippen LogP contribution in [0.15, 0.2) is 29.3 Å². The van der Waals surface area contributed by atoms with Gasteiger partial charge in [0.25, 0.3) is 0 Å². The van der Waals surface area contributed by atoms with Gasteiger partial charge in [0.15, 0.2) is 5.96 Å². The standard InChI is InChI=1S/C18H30ClN3O2.HI/c1-4-20-18(21-11-7-8-12-24-14-13-23-3)22(2)15-16-9-5-6-10-17(16)19;/h5-6,9-10H,4,7-8,11-15H2,1-3H3,(H,20,21);1H. The van der Waals surface area contributed by atoms with Crippen LogP contribution in [0.5, 0.6) is 0 Å². The van der Waals surface area contributed by atoms with Crippen molar-refractivity contribution >= 4 is 41.5 Å². The summed E-state index contributed by atoms with van der Waals surface area (Å²) in [6, 6.07) is 7.90. The van der Waals surface area contributed by atoms with Crippen LogP contribution >= 0.6 is 35.6 Å². The molecule has 0 spiro atoms. The number of aliphatic imine (C=N–C) groups is 1.